The molecule has 0 heterocycles. The first kappa shape index (κ1) is 10.6. The molecule has 0 saturated heterocycles. The van der Waals surface area contributed by atoms with Crippen LogP contribution in [-0.2, 0) is 0 Å². The molecule has 0 aromatic rings. The predicted octanol–water partition coefficient (Wildman–Crippen LogP) is 4.52. The zero-order chi connectivity index (χ0) is 8.81. The first-order valence-corrected chi connectivity index (χ1v) is 6.40. The highest BCUT2D eigenvalue weighted by atomic mass is 79.9. The summed E-state index contributed by atoms with van der Waals surface area (Å²) in [6, 6.07) is 0. The summed E-state index contributed by atoms with van der Waals surface area (Å²) in [7, 11) is 0. The van der Waals surface area contributed by atoms with E-state index in [1.807, 2.05) is 0 Å². The molecule has 1 rings (SSSR count). The summed E-state index contributed by atoms with van der Waals surface area (Å²) in [5.41, 5.74) is 0. The molecule has 12 heavy (non-hydrogen) atoms. The van der Waals surface area contributed by atoms with Crippen molar-refractivity contribution in [2.75, 3.05) is 0 Å². The van der Waals surface area contributed by atoms with Crippen molar-refractivity contribution < 1.29 is 0 Å². The number of alkyl halides is 1. The third-order valence-corrected chi connectivity index (χ3v) is 4.18. The van der Waals surface area contributed by atoms with Gasteiger partial charge in [0.05, 0.1) is 0 Å². The molecule has 1 atom stereocenters. The predicted molar refractivity (Wildman–Crippen MR) is 58.8 cm³/mol. The molecule has 0 amide bonds. The second kappa shape index (κ2) is 6.01. The lowest BCUT2D eigenvalue weighted by molar-refractivity contribution is 0.431. The lowest BCUT2D eigenvalue weighted by Gasteiger charge is -2.19. The van der Waals surface area contributed by atoms with Gasteiger partial charge in [-0.1, -0.05) is 55.0 Å². The quantitative estimate of drug-likeness (QED) is 0.496. The molecule has 1 heteroatoms. The van der Waals surface area contributed by atoms with Gasteiger partial charge in [0.25, 0.3) is 0 Å². The van der Waals surface area contributed by atoms with E-state index >= 15 is 0 Å². The zero-order valence-electron chi connectivity index (χ0n) is 8.19. The van der Waals surface area contributed by atoms with Gasteiger partial charge in [0.1, 0.15) is 0 Å². The Hall–Kier alpha value is 0.480. The standard InChI is InChI=1S/C11H21Br/c1-2-7-11(12)10-8-5-3-4-6-9-10/h10-11H,2-9H2,1H3. The van der Waals surface area contributed by atoms with Crippen LogP contribution in [0.2, 0.25) is 0 Å². The highest BCUT2D eigenvalue weighted by Gasteiger charge is 2.19. The molecule has 0 aromatic heterocycles. The Bertz CT molecular complexity index is 104. The summed E-state index contributed by atoms with van der Waals surface area (Å²) in [5, 5.41) is 0. The first-order valence-electron chi connectivity index (χ1n) is 5.48. The Labute approximate surface area is 85.3 Å². The maximum absolute atomic E-state index is 3.83. The first-order chi connectivity index (χ1) is 5.84. The molecule has 0 aromatic carbocycles. The van der Waals surface area contributed by atoms with Gasteiger partial charge in [-0.2, -0.15) is 0 Å². The van der Waals surface area contributed by atoms with E-state index in [9.17, 15) is 0 Å². The Morgan fingerprint density at radius 2 is 1.75 bits per heavy atom. The fourth-order valence-electron chi connectivity index (χ4n) is 2.18. The molecular formula is C11H21Br. The smallest absolute Gasteiger partial charge is 0.0174 e. The summed E-state index contributed by atoms with van der Waals surface area (Å²) in [6.45, 7) is 2.28. The van der Waals surface area contributed by atoms with E-state index in [0.717, 1.165) is 10.7 Å². The summed E-state index contributed by atoms with van der Waals surface area (Å²) < 4.78 is 0. The van der Waals surface area contributed by atoms with Crippen LogP contribution in [0.5, 0.6) is 0 Å². The van der Waals surface area contributed by atoms with Gasteiger partial charge in [-0.15, -0.1) is 0 Å². The normalized spacial score (nSPS) is 23.5. The van der Waals surface area contributed by atoms with E-state index in [2.05, 4.69) is 22.9 Å². The molecule has 1 saturated carbocycles. The molecule has 0 spiro atoms. The molecule has 1 unspecified atom stereocenters. The van der Waals surface area contributed by atoms with Gasteiger partial charge < -0.3 is 0 Å². The number of rotatable bonds is 3. The van der Waals surface area contributed by atoms with Crippen LogP contribution in [0.1, 0.15) is 58.3 Å². The van der Waals surface area contributed by atoms with Crippen molar-refractivity contribution in [1.29, 1.82) is 0 Å². The van der Waals surface area contributed by atoms with Crippen molar-refractivity contribution in [2.24, 2.45) is 5.92 Å². The molecule has 1 aliphatic carbocycles. The largest absolute Gasteiger partial charge is 0.0888 e. The number of hydrogen-bond donors (Lipinski definition) is 0. The van der Waals surface area contributed by atoms with E-state index in [-0.39, 0.29) is 0 Å². The van der Waals surface area contributed by atoms with Gasteiger partial charge in [-0.25, -0.2) is 0 Å². The Balaban J connectivity index is 2.27. The third kappa shape index (κ3) is 3.47. The van der Waals surface area contributed by atoms with Gasteiger partial charge in [0.15, 0.2) is 0 Å². The summed E-state index contributed by atoms with van der Waals surface area (Å²) in [6.07, 6.45) is 11.5. The third-order valence-electron chi connectivity index (χ3n) is 2.98. The van der Waals surface area contributed by atoms with Crippen LogP contribution in [0.4, 0.5) is 0 Å². The monoisotopic (exact) mass is 232 g/mol. The van der Waals surface area contributed by atoms with Crippen LogP contribution in [0.15, 0.2) is 0 Å². The molecule has 1 fully saturated rings. The van der Waals surface area contributed by atoms with Crippen molar-refractivity contribution in [3.05, 3.63) is 0 Å². The van der Waals surface area contributed by atoms with E-state index < -0.39 is 0 Å². The number of halogens is 1. The highest BCUT2D eigenvalue weighted by Crippen LogP contribution is 2.31. The maximum Gasteiger partial charge on any atom is 0.0174 e. The van der Waals surface area contributed by atoms with Crippen LogP contribution in [0.25, 0.3) is 0 Å². The Morgan fingerprint density at radius 1 is 1.17 bits per heavy atom. The average molecular weight is 233 g/mol. The van der Waals surface area contributed by atoms with Crippen molar-refractivity contribution in [2.45, 2.75) is 63.1 Å². The van der Waals surface area contributed by atoms with Gasteiger partial charge in [-0.3, -0.25) is 0 Å². The minimum absolute atomic E-state index is 0.806. The van der Waals surface area contributed by atoms with E-state index in [0.29, 0.717) is 0 Å². The lowest BCUT2D eigenvalue weighted by atomic mass is 9.94. The van der Waals surface area contributed by atoms with Gasteiger partial charge in [0, 0.05) is 4.83 Å². The molecule has 0 nitrogen and oxygen atoms in total. The van der Waals surface area contributed by atoms with Crippen LogP contribution < -0.4 is 0 Å². The second-order valence-electron chi connectivity index (χ2n) is 4.06. The molecule has 0 radical (unpaired) electrons. The van der Waals surface area contributed by atoms with E-state index in [1.54, 1.807) is 0 Å². The van der Waals surface area contributed by atoms with E-state index in [1.165, 1.54) is 51.4 Å². The zero-order valence-corrected chi connectivity index (χ0v) is 9.78. The lowest BCUT2D eigenvalue weighted by Crippen LogP contribution is -2.13. The molecular weight excluding hydrogens is 212 g/mol. The summed E-state index contributed by atoms with van der Waals surface area (Å²) >= 11 is 3.83. The van der Waals surface area contributed by atoms with Crippen LogP contribution in [-0.4, -0.2) is 4.83 Å². The van der Waals surface area contributed by atoms with Crippen LogP contribution in [0.3, 0.4) is 0 Å². The Kier molecular flexibility index (Phi) is 5.29. The van der Waals surface area contributed by atoms with Gasteiger partial charge in [0.2, 0.25) is 0 Å². The van der Waals surface area contributed by atoms with Crippen molar-refractivity contribution in [3.8, 4) is 0 Å². The molecule has 0 aliphatic heterocycles. The highest BCUT2D eigenvalue weighted by molar-refractivity contribution is 9.09. The molecule has 0 N–H and O–H groups in total. The van der Waals surface area contributed by atoms with Crippen molar-refractivity contribution in [1.82, 2.24) is 0 Å². The van der Waals surface area contributed by atoms with Gasteiger partial charge >= 0.3 is 0 Å². The van der Waals surface area contributed by atoms with Crippen LogP contribution in [0, 0.1) is 5.92 Å². The average Bonchev–Trinajstić information content (AvgIpc) is 2.32. The van der Waals surface area contributed by atoms with Crippen molar-refractivity contribution in [3.63, 3.8) is 0 Å². The van der Waals surface area contributed by atoms with Gasteiger partial charge in [-0.05, 0) is 25.2 Å². The SMILES string of the molecule is CCCC(Br)C1CCCCCC1. The van der Waals surface area contributed by atoms with Crippen molar-refractivity contribution >= 4 is 15.9 Å². The van der Waals surface area contributed by atoms with E-state index in [4.69, 9.17) is 0 Å². The number of hydrogen-bond acceptors (Lipinski definition) is 0. The minimum Gasteiger partial charge on any atom is -0.0888 e. The molecule has 72 valence electrons. The maximum atomic E-state index is 3.83. The fourth-order valence-corrected chi connectivity index (χ4v) is 3.17. The molecule has 1 aliphatic rings. The summed E-state index contributed by atoms with van der Waals surface area (Å²) in [5.74, 6) is 0.979. The fraction of sp³-hybridized carbons (Fsp3) is 1.00. The topological polar surface area (TPSA) is 0 Å². The summed E-state index contributed by atoms with van der Waals surface area (Å²) in [4.78, 5) is 0.806. The second-order valence-corrected chi connectivity index (χ2v) is 5.23. The minimum atomic E-state index is 0.806. The Morgan fingerprint density at radius 3 is 2.25 bits per heavy atom. The molecule has 0 bridgehead atoms. The van der Waals surface area contributed by atoms with Crippen LogP contribution >= 0.6 is 15.9 Å².